The minimum Gasteiger partial charge on any atom is -0.497 e. The molecule has 1 rings (SSSR count). The molecule has 0 fully saturated rings. The van der Waals surface area contributed by atoms with Crippen molar-refractivity contribution in [2.24, 2.45) is 0 Å². The molecule has 0 aliphatic carbocycles. The molecule has 0 aromatic heterocycles. The second-order valence-corrected chi connectivity index (χ2v) is 3.53. The summed E-state index contributed by atoms with van der Waals surface area (Å²) >= 11 is 0. The minimum absolute atomic E-state index is 0.259. The van der Waals surface area contributed by atoms with E-state index >= 15 is 0 Å². The summed E-state index contributed by atoms with van der Waals surface area (Å²) in [6.07, 6.45) is 0. The summed E-state index contributed by atoms with van der Waals surface area (Å²) in [5.74, 6) is 0.301. The maximum atomic E-state index is 13.0. The highest BCUT2D eigenvalue weighted by molar-refractivity contribution is 5.29. The van der Waals surface area contributed by atoms with E-state index in [9.17, 15) is 4.39 Å². The van der Waals surface area contributed by atoms with Crippen molar-refractivity contribution in [1.82, 2.24) is 5.32 Å². The first-order valence-corrected chi connectivity index (χ1v) is 4.68. The molecule has 0 amide bonds. The van der Waals surface area contributed by atoms with Gasteiger partial charge in [-0.3, -0.25) is 0 Å². The molecule has 0 unspecified atom stereocenters. The van der Waals surface area contributed by atoms with Crippen LogP contribution < -0.4 is 10.1 Å². The van der Waals surface area contributed by atoms with Crippen molar-refractivity contribution >= 4 is 0 Å². The van der Waals surface area contributed by atoms with Crippen LogP contribution in [0.1, 0.15) is 19.4 Å². The van der Waals surface area contributed by atoms with Gasteiger partial charge >= 0.3 is 0 Å². The van der Waals surface area contributed by atoms with Crippen LogP contribution in [0.2, 0.25) is 0 Å². The fraction of sp³-hybridized carbons (Fsp3) is 0.455. The minimum atomic E-state index is -0.259. The first-order chi connectivity index (χ1) is 6.61. The first-order valence-electron chi connectivity index (χ1n) is 4.68. The monoisotopic (exact) mass is 197 g/mol. The van der Waals surface area contributed by atoms with Crippen LogP contribution in [0.5, 0.6) is 5.75 Å². The summed E-state index contributed by atoms with van der Waals surface area (Å²) in [6.45, 7) is 4.76. The zero-order chi connectivity index (χ0) is 10.6. The Morgan fingerprint density at radius 2 is 2.07 bits per heavy atom. The predicted molar refractivity (Wildman–Crippen MR) is 54.9 cm³/mol. The molecule has 0 aliphatic heterocycles. The van der Waals surface area contributed by atoms with Gasteiger partial charge in [0.15, 0.2) is 0 Å². The molecular formula is C11H16FNO. The Hall–Kier alpha value is -1.09. The quantitative estimate of drug-likeness (QED) is 0.799. The van der Waals surface area contributed by atoms with E-state index in [1.807, 2.05) is 6.07 Å². The highest BCUT2D eigenvalue weighted by atomic mass is 19.1. The van der Waals surface area contributed by atoms with Crippen LogP contribution in [0, 0.1) is 5.82 Å². The maximum Gasteiger partial charge on any atom is 0.127 e. The molecule has 1 aromatic carbocycles. The van der Waals surface area contributed by atoms with Crippen LogP contribution >= 0.6 is 0 Å². The molecule has 78 valence electrons. The van der Waals surface area contributed by atoms with Crippen molar-refractivity contribution in [3.63, 3.8) is 0 Å². The molecule has 0 aliphatic rings. The third kappa shape index (κ3) is 3.34. The fourth-order valence-corrected chi connectivity index (χ4v) is 1.16. The Labute approximate surface area is 84.1 Å². The average molecular weight is 197 g/mol. The number of methoxy groups -OCH3 is 1. The van der Waals surface area contributed by atoms with Crippen molar-refractivity contribution in [2.75, 3.05) is 7.11 Å². The topological polar surface area (TPSA) is 21.3 Å². The van der Waals surface area contributed by atoms with Crippen molar-refractivity contribution in [3.8, 4) is 5.75 Å². The van der Waals surface area contributed by atoms with Crippen molar-refractivity contribution in [1.29, 1.82) is 0 Å². The molecule has 1 N–H and O–H groups in total. The lowest BCUT2D eigenvalue weighted by Gasteiger charge is -2.09. The third-order valence-corrected chi connectivity index (χ3v) is 1.88. The smallest absolute Gasteiger partial charge is 0.127 e. The molecule has 0 bridgehead atoms. The second-order valence-electron chi connectivity index (χ2n) is 3.53. The van der Waals surface area contributed by atoms with E-state index in [1.165, 1.54) is 19.2 Å². The van der Waals surface area contributed by atoms with Gasteiger partial charge in [0.25, 0.3) is 0 Å². The van der Waals surface area contributed by atoms with Gasteiger partial charge in [0.1, 0.15) is 11.6 Å². The standard InChI is InChI=1S/C11H16FNO/c1-8(2)13-7-9-4-10(12)6-11(5-9)14-3/h4-6,8,13H,7H2,1-3H3. The van der Waals surface area contributed by atoms with Gasteiger partial charge in [-0.2, -0.15) is 0 Å². The Morgan fingerprint density at radius 3 is 2.64 bits per heavy atom. The summed E-state index contributed by atoms with van der Waals surface area (Å²) in [6, 6.07) is 5.11. The van der Waals surface area contributed by atoms with Crippen LogP contribution in [-0.2, 0) is 6.54 Å². The molecule has 0 saturated heterocycles. The summed E-state index contributed by atoms with van der Waals surface area (Å²) in [4.78, 5) is 0. The van der Waals surface area contributed by atoms with Crippen molar-refractivity contribution in [2.45, 2.75) is 26.4 Å². The lowest BCUT2D eigenvalue weighted by molar-refractivity contribution is 0.410. The maximum absolute atomic E-state index is 13.0. The number of ether oxygens (including phenoxy) is 1. The third-order valence-electron chi connectivity index (χ3n) is 1.88. The molecule has 0 radical (unpaired) electrons. The number of halogens is 1. The molecule has 2 nitrogen and oxygen atoms in total. The van der Waals surface area contributed by atoms with E-state index in [1.54, 1.807) is 0 Å². The van der Waals surface area contributed by atoms with E-state index in [-0.39, 0.29) is 5.82 Å². The number of hydrogen-bond acceptors (Lipinski definition) is 2. The molecule has 0 spiro atoms. The molecular weight excluding hydrogens is 181 g/mol. The Morgan fingerprint density at radius 1 is 1.36 bits per heavy atom. The van der Waals surface area contributed by atoms with Gasteiger partial charge in [-0.25, -0.2) is 4.39 Å². The summed E-state index contributed by atoms with van der Waals surface area (Å²) in [5, 5.41) is 3.22. The molecule has 14 heavy (non-hydrogen) atoms. The van der Waals surface area contributed by atoms with E-state index in [2.05, 4.69) is 19.2 Å². The number of hydrogen-bond donors (Lipinski definition) is 1. The zero-order valence-corrected chi connectivity index (χ0v) is 8.80. The Balaban J connectivity index is 2.71. The zero-order valence-electron chi connectivity index (χ0n) is 8.80. The largest absolute Gasteiger partial charge is 0.497 e. The fourth-order valence-electron chi connectivity index (χ4n) is 1.16. The average Bonchev–Trinajstić information content (AvgIpc) is 2.14. The number of nitrogens with one attached hydrogen (secondary N) is 1. The van der Waals surface area contributed by atoms with Crippen molar-refractivity contribution in [3.05, 3.63) is 29.6 Å². The van der Waals surface area contributed by atoms with Crippen LogP contribution in [0.15, 0.2) is 18.2 Å². The van der Waals surface area contributed by atoms with Gasteiger partial charge in [0, 0.05) is 18.7 Å². The molecule has 0 saturated carbocycles. The Bertz CT molecular complexity index is 299. The van der Waals surface area contributed by atoms with Gasteiger partial charge in [-0.05, 0) is 17.7 Å². The van der Waals surface area contributed by atoms with E-state index < -0.39 is 0 Å². The van der Waals surface area contributed by atoms with Gasteiger partial charge in [-0.1, -0.05) is 13.8 Å². The van der Waals surface area contributed by atoms with Crippen LogP contribution in [0.25, 0.3) is 0 Å². The van der Waals surface area contributed by atoms with Gasteiger partial charge in [0.2, 0.25) is 0 Å². The van der Waals surface area contributed by atoms with E-state index in [0.717, 1.165) is 5.56 Å². The molecule has 0 atom stereocenters. The summed E-state index contributed by atoms with van der Waals surface area (Å²) in [7, 11) is 1.54. The molecule has 0 heterocycles. The predicted octanol–water partition coefficient (Wildman–Crippen LogP) is 2.33. The highest BCUT2D eigenvalue weighted by Crippen LogP contribution is 2.15. The van der Waals surface area contributed by atoms with E-state index in [4.69, 9.17) is 4.74 Å². The number of rotatable bonds is 4. The Kier molecular flexibility index (Phi) is 3.89. The summed E-state index contributed by atoms with van der Waals surface area (Å²) in [5.41, 5.74) is 0.899. The molecule has 1 aromatic rings. The SMILES string of the molecule is COc1cc(F)cc(CNC(C)C)c1. The van der Waals surface area contributed by atoms with Crippen LogP contribution in [0.4, 0.5) is 4.39 Å². The second kappa shape index (κ2) is 4.96. The van der Waals surface area contributed by atoms with Crippen molar-refractivity contribution < 1.29 is 9.13 Å². The first kappa shape index (κ1) is 11.0. The summed E-state index contributed by atoms with van der Waals surface area (Å²) < 4.78 is 18.0. The normalized spacial score (nSPS) is 10.6. The highest BCUT2D eigenvalue weighted by Gasteiger charge is 2.01. The van der Waals surface area contributed by atoms with Crippen LogP contribution in [-0.4, -0.2) is 13.2 Å². The van der Waals surface area contributed by atoms with Gasteiger partial charge < -0.3 is 10.1 Å². The van der Waals surface area contributed by atoms with Gasteiger partial charge in [-0.15, -0.1) is 0 Å². The van der Waals surface area contributed by atoms with Crippen LogP contribution in [0.3, 0.4) is 0 Å². The van der Waals surface area contributed by atoms with E-state index in [0.29, 0.717) is 18.3 Å². The number of benzene rings is 1. The van der Waals surface area contributed by atoms with Gasteiger partial charge in [0.05, 0.1) is 7.11 Å². The lowest BCUT2D eigenvalue weighted by atomic mass is 10.2. The molecule has 3 heteroatoms. The lowest BCUT2D eigenvalue weighted by Crippen LogP contribution is -2.21.